The fourth-order valence-electron chi connectivity index (χ4n) is 2.90. The highest BCUT2D eigenvalue weighted by atomic mass is 32.1. The van der Waals surface area contributed by atoms with E-state index in [1.165, 1.54) is 38.5 Å². The SMILES string of the molecule is COc1ccc([C@H](O)/C(=N\NC(N)=S)c2nc3ccc([N+](=O)[O-])cc3[nH]c2=O)cc1OC. The molecule has 0 saturated heterocycles. The molecule has 0 aliphatic carbocycles. The van der Waals surface area contributed by atoms with Gasteiger partial charge in [0.1, 0.15) is 11.8 Å². The second-order valence-corrected chi connectivity index (χ2v) is 6.80. The zero-order valence-electron chi connectivity index (χ0n) is 16.9. The van der Waals surface area contributed by atoms with Crippen LogP contribution in [0.1, 0.15) is 17.4 Å². The summed E-state index contributed by atoms with van der Waals surface area (Å²) in [5, 5.41) is 25.8. The van der Waals surface area contributed by atoms with Crippen molar-refractivity contribution in [1.82, 2.24) is 15.4 Å². The Kier molecular flexibility index (Phi) is 6.61. The topological polar surface area (TPSA) is 178 Å². The Morgan fingerprint density at radius 1 is 1.28 bits per heavy atom. The van der Waals surface area contributed by atoms with Crippen LogP contribution in [0.2, 0.25) is 0 Å². The van der Waals surface area contributed by atoms with Crippen molar-refractivity contribution in [1.29, 1.82) is 0 Å². The first-order valence-corrected chi connectivity index (χ1v) is 9.37. The number of aliphatic hydroxyl groups excluding tert-OH is 1. The van der Waals surface area contributed by atoms with Gasteiger partial charge in [-0.05, 0) is 36.0 Å². The van der Waals surface area contributed by atoms with Gasteiger partial charge in [0, 0.05) is 12.1 Å². The molecular formula is C19H18N6O6S. The van der Waals surface area contributed by atoms with E-state index in [-0.39, 0.29) is 33.2 Å². The number of H-pyrrole nitrogens is 1. The van der Waals surface area contributed by atoms with Gasteiger partial charge in [-0.3, -0.25) is 20.3 Å². The number of benzene rings is 2. The number of ether oxygens (including phenoxy) is 2. The maximum Gasteiger partial charge on any atom is 0.276 e. The van der Waals surface area contributed by atoms with Gasteiger partial charge in [-0.15, -0.1) is 0 Å². The Bertz CT molecular complexity index is 1290. The number of aromatic amines is 1. The molecule has 0 fully saturated rings. The lowest BCUT2D eigenvalue weighted by atomic mass is 10.0. The minimum absolute atomic E-state index is 0.148. The zero-order chi connectivity index (χ0) is 23.4. The number of aromatic nitrogens is 2. The lowest BCUT2D eigenvalue weighted by molar-refractivity contribution is -0.384. The largest absolute Gasteiger partial charge is 0.493 e. The number of hydrogen-bond acceptors (Lipinski definition) is 9. The highest BCUT2D eigenvalue weighted by Gasteiger charge is 2.24. The summed E-state index contributed by atoms with van der Waals surface area (Å²) < 4.78 is 10.4. The number of methoxy groups -OCH3 is 2. The quantitative estimate of drug-likeness (QED) is 0.173. The molecule has 166 valence electrons. The molecule has 0 radical (unpaired) electrons. The van der Waals surface area contributed by atoms with Gasteiger partial charge in [0.2, 0.25) is 0 Å². The summed E-state index contributed by atoms with van der Waals surface area (Å²) in [6.45, 7) is 0. The van der Waals surface area contributed by atoms with E-state index in [0.717, 1.165) is 0 Å². The summed E-state index contributed by atoms with van der Waals surface area (Å²) in [6, 6.07) is 8.44. The fraction of sp³-hybridized carbons (Fsp3) is 0.158. The smallest absolute Gasteiger partial charge is 0.276 e. The predicted molar refractivity (Wildman–Crippen MR) is 120 cm³/mol. The van der Waals surface area contributed by atoms with Crippen LogP contribution in [0.25, 0.3) is 11.0 Å². The van der Waals surface area contributed by atoms with E-state index >= 15 is 0 Å². The maximum atomic E-state index is 12.7. The van der Waals surface area contributed by atoms with E-state index in [1.807, 2.05) is 0 Å². The van der Waals surface area contributed by atoms with Crippen LogP contribution in [0.3, 0.4) is 0 Å². The number of hydrogen-bond donors (Lipinski definition) is 4. The molecule has 32 heavy (non-hydrogen) atoms. The molecule has 13 heteroatoms. The molecule has 0 aliphatic rings. The minimum atomic E-state index is -1.44. The van der Waals surface area contributed by atoms with Crippen molar-refractivity contribution < 1.29 is 19.5 Å². The number of nitrogens with zero attached hydrogens (tertiary/aromatic N) is 3. The van der Waals surface area contributed by atoms with Crippen LogP contribution in [-0.2, 0) is 0 Å². The zero-order valence-corrected chi connectivity index (χ0v) is 17.7. The van der Waals surface area contributed by atoms with E-state index in [0.29, 0.717) is 17.1 Å². The van der Waals surface area contributed by atoms with Gasteiger partial charge >= 0.3 is 0 Å². The molecule has 12 nitrogen and oxygen atoms in total. The van der Waals surface area contributed by atoms with Crippen molar-refractivity contribution >= 4 is 39.8 Å². The van der Waals surface area contributed by atoms with Gasteiger partial charge in [-0.2, -0.15) is 5.10 Å². The van der Waals surface area contributed by atoms with Crippen LogP contribution in [0, 0.1) is 10.1 Å². The number of thiocarbonyl (C=S) groups is 1. The van der Waals surface area contributed by atoms with Crippen molar-refractivity contribution in [2.24, 2.45) is 10.8 Å². The molecule has 5 N–H and O–H groups in total. The number of nitrogens with two attached hydrogens (primary N) is 1. The van der Waals surface area contributed by atoms with E-state index in [2.05, 4.69) is 20.5 Å². The Hall–Kier alpha value is -4.10. The van der Waals surface area contributed by atoms with Gasteiger partial charge < -0.3 is 25.3 Å². The first-order valence-electron chi connectivity index (χ1n) is 8.97. The molecule has 0 saturated carbocycles. The lowest BCUT2D eigenvalue weighted by Gasteiger charge is -2.16. The van der Waals surface area contributed by atoms with Crippen LogP contribution >= 0.6 is 12.2 Å². The number of non-ortho nitro benzene ring substituents is 1. The molecule has 1 aromatic heterocycles. The molecule has 0 amide bonds. The Balaban J connectivity index is 2.14. The lowest BCUT2D eigenvalue weighted by Crippen LogP contribution is -2.31. The van der Waals surface area contributed by atoms with Gasteiger partial charge in [0.05, 0.1) is 30.2 Å². The molecular weight excluding hydrogens is 440 g/mol. The summed E-state index contributed by atoms with van der Waals surface area (Å²) in [5.41, 5.74) is 7.12. The summed E-state index contributed by atoms with van der Waals surface area (Å²) >= 11 is 4.76. The van der Waals surface area contributed by atoms with Crippen molar-refractivity contribution in [3.05, 3.63) is 68.1 Å². The number of fused-ring (bicyclic) bond motifs is 1. The Morgan fingerprint density at radius 3 is 2.62 bits per heavy atom. The van der Waals surface area contributed by atoms with Crippen molar-refractivity contribution in [3.63, 3.8) is 0 Å². The molecule has 0 bridgehead atoms. The maximum absolute atomic E-state index is 12.7. The van der Waals surface area contributed by atoms with Crippen LogP contribution in [0.4, 0.5) is 5.69 Å². The van der Waals surface area contributed by atoms with Gasteiger partial charge in [0.25, 0.3) is 11.2 Å². The summed E-state index contributed by atoms with van der Waals surface area (Å²) in [7, 11) is 2.90. The predicted octanol–water partition coefficient (Wildman–Crippen LogP) is 1.12. The average Bonchev–Trinajstić information content (AvgIpc) is 2.78. The van der Waals surface area contributed by atoms with Crippen LogP contribution in [-0.4, -0.2) is 45.0 Å². The minimum Gasteiger partial charge on any atom is -0.493 e. The normalized spacial score (nSPS) is 12.3. The highest BCUT2D eigenvalue weighted by molar-refractivity contribution is 7.80. The van der Waals surface area contributed by atoms with Crippen LogP contribution in [0.15, 0.2) is 46.3 Å². The third-order valence-electron chi connectivity index (χ3n) is 4.40. The fourth-order valence-corrected chi connectivity index (χ4v) is 2.95. The highest BCUT2D eigenvalue weighted by Crippen LogP contribution is 2.31. The second-order valence-electron chi connectivity index (χ2n) is 6.36. The monoisotopic (exact) mass is 458 g/mol. The molecule has 2 aromatic carbocycles. The molecule has 3 rings (SSSR count). The van der Waals surface area contributed by atoms with Crippen molar-refractivity contribution in [2.45, 2.75) is 6.10 Å². The van der Waals surface area contributed by atoms with Gasteiger partial charge in [0.15, 0.2) is 22.3 Å². The van der Waals surface area contributed by atoms with E-state index in [9.17, 15) is 20.0 Å². The Morgan fingerprint density at radius 2 is 2.00 bits per heavy atom. The third kappa shape index (κ3) is 4.63. The van der Waals surface area contributed by atoms with Crippen molar-refractivity contribution in [3.8, 4) is 11.5 Å². The van der Waals surface area contributed by atoms with E-state index in [1.54, 1.807) is 12.1 Å². The van der Waals surface area contributed by atoms with Crippen molar-refractivity contribution in [2.75, 3.05) is 14.2 Å². The molecule has 0 unspecified atom stereocenters. The molecule has 0 aliphatic heterocycles. The number of nitro benzene ring substituents is 1. The summed E-state index contributed by atoms with van der Waals surface area (Å²) in [5.74, 6) is 0.782. The van der Waals surface area contributed by atoms with E-state index in [4.69, 9.17) is 27.4 Å². The Labute approximate surface area is 185 Å². The van der Waals surface area contributed by atoms with E-state index < -0.39 is 16.6 Å². The molecule has 1 heterocycles. The second kappa shape index (κ2) is 9.36. The first-order chi connectivity index (χ1) is 15.2. The van der Waals surface area contributed by atoms with Gasteiger partial charge in [-0.25, -0.2) is 4.98 Å². The molecule has 0 spiro atoms. The standard InChI is InChI=1S/C19H18N6O6S/c1-30-13-6-3-9(7-14(13)31-2)17(26)15(23-24-19(20)32)16-18(27)22-12-8-10(25(28)29)4-5-11(12)21-16/h3-8,17,26H,1-2H3,(H,22,27)(H3,20,24,32)/b23-15-/t17-/m0/s1. The number of rotatable bonds is 7. The summed E-state index contributed by atoms with van der Waals surface area (Å²) in [4.78, 5) is 29.9. The molecule has 1 atom stereocenters. The molecule has 3 aromatic rings. The number of hydrazone groups is 1. The number of nitrogens with one attached hydrogen (secondary N) is 2. The number of aliphatic hydroxyl groups is 1. The third-order valence-corrected chi connectivity index (χ3v) is 4.49. The number of nitro groups is 1. The first kappa shape index (κ1) is 22.6. The summed E-state index contributed by atoms with van der Waals surface area (Å²) in [6.07, 6.45) is -1.44. The van der Waals surface area contributed by atoms with Gasteiger partial charge in [-0.1, -0.05) is 6.07 Å². The average molecular weight is 458 g/mol. The van der Waals surface area contributed by atoms with Crippen LogP contribution in [0.5, 0.6) is 11.5 Å². The van der Waals surface area contributed by atoms with Crippen LogP contribution < -0.4 is 26.2 Å².